The molecule has 0 radical (unpaired) electrons. The molecule has 0 spiro atoms. The van der Waals surface area contributed by atoms with Gasteiger partial charge < -0.3 is 20.6 Å². The lowest BCUT2D eigenvalue weighted by Crippen LogP contribution is -2.41. The zero-order valence-corrected chi connectivity index (χ0v) is 10.6. The van der Waals surface area contributed by atoms with Crippen molar-refractivity contribution < 1.29 is 19.1 Å². The van der Waals surface area contributed by atoms with E-state index in [1.54, 1.807) is 6.07 Å². The number of hydrogen-bond donors (Lipinski definition) is 3. The molecule has 0 unspecified atom stereocenters. The van der Waals surface area contributed by atoms with Crippen molar-refractivity contribution in [3.8, 4) is 0 Å². The number of carboxylic acid groups (broad SMARTS) is 1. The highest BCUT2D eigenvalue weighted by Gasteiger charge is 2.37. The van der Waals surface area contributed by atoms with Crippen molar-refractivity contribution in [1.82, 2.24) is 5.32 Å². The fourth-order valence-electron chi connectivity index (χ4n) is 2.31. The standard InChI is InChI=1S/C13H18N2O4/c14-8-13(4-1-5-13)6-11(16)15-7-9-2-3-10(19-9)12(17)18/h2-3H,1,4-8,14H2,(H,15,16)(H,17,18). The Bertz CT molecular complexity index is 471. The molecule has 1 aromatic rings. The van der Waals surface area contributed by atoms with Gasteiger partial charge in [0.05, 0.1) is 6.54 Å². The third-order valence-corrected chi connectivity index (χ3v) is 3.72. The maximum absolute atomic E-state index is 11.8. The van der Waals surface area contributed by atoms with Crippen LogP contribution in [-0.2, 0) is 11.3 Å². The first-order chi connectivity index (χ1) is 9.04. The van der Waals surface area contributed by atoms with Crippen molar-refractivity contribution in [3.63, 3.8) is 0 Å². The molecule has 1 aliphatic carbocycles. The summed E-state index contributed by atoms with van der Waals surface area (Å²) in [6.07, 6.45) is 3.56. The van der Waals surface area contributed by atoms with Crippen molar-refractivity contribution in [1.29, 1.82) is 0 Å². The van der Waals surface area contributed by atoms with Gasteiger partial charge in [-0.3, -0.25) is 4.79 Å². The number of rotatable bonds is 6. The molecule has 104 valence electrons. The van der Waals surface area contributed by atoms with E-state index >= 15 is 0 Å². The number of nitrogens with one attached hydrogen (secondary N) is 1. The monoisotopic (exact) mass is 266 g/mol. The van der Waals surface area contributed by atoms with Crippen molar-refractivity contribution >= 4 is 11.9 Å². The second-order valence-electron chi connectivity index (χ2n) is 5.08. The van der Waals surface area contributed by atoms with Gasteiger partial charge in [-0.25, -0.2) is 4.79 Å². The van der Waals surface area contributed by atoms with Crippen LogP contribution in [0.5, 0.6) is 0 Å². The van der Waals surface area contributed by atoms with E-state index in [2.05, 4.69) is 5.32 Å². The van der Waals surface area contributed by atoms with E-state index in [1.165, 1.54) is 6.07 Å². The topological polar surface area (TPSA) is 106 Å². The molecule has 0 atom stereocenters. The van der Waals surface area contributed by atoms with E-state index in [4.69, 9.17) is 15.3 Å². The van der Waals surface area contributed by atoms with Gasteiger partial charge in [0.25, 0.3) is 0 Å². The predicted molar refractivity (Wildman–Crippen MR) is 67.5 cm³/mol. The first-order valence-corrected chi connectivity index (χ1v) is 6.33. The van der Waals surface area contributed by atoms with Crippen molar-refractivity contribution in [3.05, 3.63) is 23.7 Å². The van der Waals surface area contributed by atoms with Crippen LogP contribution in [0.4, 0.5) is 0 Å². The summed E-state index contributed by atoms with van der Waals surface area (Å²) in [6.45, 7) is 0.733. The maximum Gasteiger partial charge on any atom is 0.371 e. The summed E-state index contributed by atoms with van der Waals surface area (Å²) in [5.41, 5.74) is 5.67. The zero-order valence-electron chi connectivity index (χ0n) is 10.6. The molecular formula is C13H18N2O4. The second-order valence-corrected chi connectivity index (χ2v) is 5.08. The summed E-state index contributed by atoms with van der Waals surface area (Å²) in [6, 6.07) is 2.92. The molecule has 6 heteroatoms. The number of furan rings is 1. The Labute approximate surface area is 111 Å². The first-order valence-electron chi connectivity index (χ1n) is 6.33. The van der Waals surface area contributed by atoms with Gasteiger partial charge in [0.2, 0.25) is 11.7 Å². The number of nitrogens with two attached hydrogens (primary N) is 1. The van der Waals surface area contributed by atoms with Gasteiger partial charge in [-0.2, -0.15) is 0 Å². The first kappa shape index (κ1) is 13.6. The number of carboxylic acids is 1. The number of carbonyl (C=O) groups is 2. The van der Waals surface area contributed by atoms with Crippen LogP contribution < -0.4 is 11.1 Å². The Kier molecular flexibility index (Phi) is 3.90. The van der Waals surface area contributed by atoms with Crippen LogP contribution in [-0.4, -0.2) is 23.5 Å². The Morgan fingerprint density at radius 3 is 2.63 bits per heavy atom. The molecule has 0 bridgehead atoms. The van der Waals surface area contributed by atoms with Gasteiger partial charge in [-0.1, -0.05) is 6.42 Å². The Hall–Kier alpha value is -1.82. The van der Waals surface area contributed by atoms with Crippen LogP contribution in [0.25, 0.3) is 0 Å². The molecule has 6 nitrogen and oxygen atoms in total. The highest BCUT2D eigenvalue weighted by molar-refractivity contribution is 5.84. The molecule has 0 saturated heterocycles. The van der Waals surface area contributed by atoms with Crippen molar-refractivity contribution in [2.24, 2.45) is 11.1 Å². The third-order valence-electron chi connectivity index (χ3n) is 3.72. The zero-order chi connectivity index (χ0) is 13.9. The van der Waals surface area contributed by atoms with Gasteiger partial charge in [0.1, 0.15) is 5.76 Å². The summed E-state index contributed by atoms with van der Waals surface area (Å²) in [4.78, 5) is 22.4. The van der Waals surface area contributed by atoms with Crippen LogP contribution in [0.15, 0.2) is 16.5 Å². The molecule has 1 aromatic heterocycles. The van der Waals surface area contributed by atoms with Crippen LogP contribution in [0.2, 0.25) is 0 Å². The van der Waals surface area contributed by atoms with E-state index in [0.29, 0.717) is 18.7 Å². The lowest BCUT2D eigenvalue weighted by Gasteiger charge is -2.40. The van der Waals surface area contributed by atoms with E-state index < -0.39 is 5.97 Å². The summed E-state index contributed by atoms with van der Waals surface area (Å²) >= 11 is 0. The van der Waals surface area contributed by atoms with Crippen LogP contribution in [0, 0.1) is 5.41 Å². The number of hydrogen-bond acceptors (Lipinski definition) is 4. The highest BCUT2D eigenvalue weighted by atomic mass is 16.4. The summed E-state index contributed by atoms with van der Waals surface area (Å²) in [5, 5.41) is 11.4. The molecular weight excluding hydrogens is 248 g/mol. The average Bonchev–Trinajstić information content (AvgIpc) is 2.80. The number of carbonyl (C=O) groups excluding carboxylic acids is 1. The maximum atomic E-state index is 11.8. The van der Waals surface area contributed by atoms with Gasteiger partial charge in [0.15, 0.2) is 0 Å². The summed E-state index contributed by atoms with van der Waals surface area (Å²) < 4.78 is 5.05. The Morgan fingerprint density at radius 1 is 1.42 bits per heavy atom. The fraction of sp³-hybridized carbons (Fsp3) is 0.538. The molecule has 1 saturated carbocycles. The minimum absolute atomic E-state index is 0.0283. The van der Waals surface area contributed by atoms with Crippen molar-refractivity contribution in [2.75, 3.05) is 6.54 Å². The number of amides is 1. The van der Waals surface area contributed by atoms with Gasteiger partial charge in [-0.15, -0.1) is 0 Å². The molecule has 4 N–H and O–H groups in total. The second kappa shape index (κ2) is 5.44. The molecule has 19 heavy (non-hydrogen) atoms. The predicted octanol–water partition coefficient (Wildman–Crippen LogP) is 1.11. The van der Waals surface area contributed by atoms with Gasteiger partial charge in [0, 0.05) is 6.42 Å². The third kappa shape index (κ3) is 3.14. The van der Waals surface area contributed by atoms with Crippen LogP contribution in [0.1, 0.15) is 42.0 Å². The quantitative estimate of drug-likeness (QED) is 0.715. The van der Waals surface area contributed by atoms with Gasteiger partial charge in [-0.05, 0) is 36.9 Å². The summed E-state index contributed by atoms with van der Waals surface area (Å²) in [5.74, 6) is -0.879. The van der Waals surface area contributed by atoms with Gasteiger partial charge >= 0.3 is 5.97 Å². The van der Waals surface area contributed by atoms with E-state index in [9.17, 15) is 9.59 Å². The minimum Gasteiger partial charge on any atom is -0.475 e. The van der Waals surface area contributed by atoms with Crippen molar-refractivity contribution in [2.45, 2.75) is 32.2 Å². The largest absolute Gasteiger partial charge is 0.475 e. The Balaban J connectivity index is 1.81. The Morgan fingerprint density at radius 2 is 2.16 bits per heavy atom. The molecule has 1 fully saturated rings. The SMILES string of the molecule is NCC1(CC(=O)NCc2ccc(C(=O)O)o2)CCC1. The van der Waals surface area contributed by atoms with E-state index in [0.717, 1.165) is 19.3 Å². The molecule has 0 aliphatic heterocycles. The lowest BCUT2D eigenvalue weighted by molar-refractivity contribution is -0.125. The highest BCUT2D eigenvalue weighted by Crippen LogP contribution is 2.42. The van der Waals surface area contributed by atoms with Crippen LogP contribution in [0.3, 0.4) is 0 Å². The molecule has 2 rings (SSSR count). The molecule has 1 heterocycles. The fourth-order valence-corrected chi connectivity index (χ4v) is 2.31. The van der Waals surface area contributed by atoms with Crippen LogP contribution >= 0.6 is 0 Å². The minimum atomic E-state index is -1.12. The van der Waals surface area contributed by atoms with E-state index in [1.807, 2.05) is 0 Å². The van der Waals surface area contributed by atoms with E-state index in [-0.39, 0.29) is 23.6 Å². The lowest BCUT2D eigenvalue weighted by atomic mass is 9.66. The molecule has 0 aromatic carbocycles. The average molecular weight is 266 g/mol. The normalized spacial score (nSPS) is 16.7. The summed E-state index contributed by atoms with van der Waals surface area (Å²) in [7, 11) is 0. The smallest absolute Gasteiger partial charge is 0.371 e. The number of aromatic carboxylic acids is 1. The molecule has 1 amide bonds. The molecule has 1 aliphatic rings.